The van der Waals surface area contributed by atoms with Gasteiger partial charge in [-0.25, -0.2) is 0 Å². The first-order valence-electron chi connectivity index (χ1n) is 11.1. The van der Waals surface area contributed by atoms with E-state index < -0.39 is 4.92 Å². The van der Waals surface area contributed by atoms with Crippen LogP contribution >= 0.6 is 11.8 Å². The van der Waals surface area contributed by atoms with Gasteiger partial charge in [-0.15, -0.1) is 0 Å². The average molecular weight is 492 g/mol. The highest BCUT2D eigenvalue weighted by Crippen LogP contribution is 2.35. The first-order valence-corrected chi connectivity index (χ1v) is 11.9. The number of nitro benzene ring substituents is 1. The molecule has 1 saturated heterocycles. The highest BCUT2D eigenvalue weighted by molar-refractivity contribution is 8.18. The van der Waals surface area contributed by atoms with Crippen molar-refractivity contribution in [3.05, 3.63) is 92.1 Å². The lowest BCUT2D eigenvalue weighted by Gasteiger charge is -2.14. The van der Waals surface area contributed by atoms with Crippen LogP contribution in [-0.4, -0.2) is 39.2 Å². The van der Waals surface area contributed by atoms with Gasteiger partial charge < -0.3 is 9.30 Å². The van der Waals surface area contributed by atoms with Crippen LogP contribution in [0.2, 0.25) is 0 Å². The molecule has 0 spiro atoms. The molecule has 0 aliphatic carbocycles. The second-order valence-corrected chi connectivity index (χ2v) is 9.19. The summed E-state index contributed by atoms with van der Waals surface area (Å²) in [5, 5.41) is 11.0. The normalized spacial score (nSPS) is 14.7. The summed E-state index contributed by atoms with van der Waals surface area (Å²) in [5.74, 6) is 0.188. The summed E-state index contributed by atoms with van der Waals surface area (Å²) in [4.78, 5) is 38.0. The van der Waals surface area contributed by atoms with E-state index in [2.05, 4.69) is 0 Å². The van der Waals surface area contributed by atoms with E-state index in [0.717, 1.165) is 35.1 Å². The molecule has 0 atom stereocenters. The maximum absolute atomic E-state index is 13.0. The van der Waals surface area contributed by atoms with Gasteiger partial charge in [-0.05, 0) is 67.8 Å². The Kier molecular flexibility index (Phi) is 7.07. The zero-order valence-electron chi connectivity index (χ0n) is 19.7. The molecule has 1 aromatic heterocycles. The molecule has 0 saturated carbocycles. The molecule has 2 amide bonds. The summed E-state index contributed by atoms with van der Waals surface area (Å²) >= 11 is 0.932. The van der Waals surface area contributed by atoms with Crippen LogP contribution in [-0.2, 0) is 11.2 Å². The van der Waals surface area contributed by atoms with Gasteiger partial charge in [0.25, 0.3) is 16.8 Å². The number of hydrogen-bond donors (Lipinski definition) is 0. The summed E-state index contributed by atoms with van der Waals surface area (Å²) in [5.41, 5.74) is 3.99. The number of nitrogens with zero attached hydrogens (tertiary/aromatic N) is 3. The molecular weight excluding hydrogens is 466 g/mol. The van der Waals surface area contributed by atoms with E-state index >= 15 is 0 Å². The summed E-state index contributed by atoms with van der Waals surface area (Å²) in [7, 11) is 1.51. The van der Waals surface area contributed by atoms with Gasteiger partial charge in [0, 0.05) is 30.1 Å². The van der Waals surface area contributed by atoms with Gasteiger partial charge in [0.15, 0.2) is 0 Å². The molecule has 2 aromatic carbocycles. The van der Waals surface area contributed by atoms with Crippen molar-refractivity contribution < 1.29 is 19.2 Å². The maximum Gasteiger partial charge on any atom is 0.293 e. The minimum absolute atomic E-state index is 0.0496. The third-order valence-corrected chi connectivity index (χ3v) is 6.84. The number of amides is 2. The van der Waals surface area contributed by atoms with Crippen LogP contribution in [0.4, 0.5) is 10.5 Å². The van der Waals surface area contributed by atoms with E-state index in [1.807, 2.05) is 54.8 Å². The van der Waals surface area contributed by atoms with Crippen LogP contribution in [0.15, 0.2) is 59.5 Å². The highest BCUT2D eigenvalue weighted by atomic mass is 32.2. The van der Waals surface area contributed by atoms with Gasteiger partial charge in [-0.1, -0.05) is 30.3 Å². The van der Waals surface area contributed by atoms with Crippen LogP contribution in [0.25, 0.3) is 11.8 Å². The lowest BCUT2D eigenvalue weighted by molar-refractivity contribution is -0.384. The third-order valence-electron chi connectivity index (χ3n) is 5.93. The fourth-order valence-electron chi connectivity index (χ4n) is 4.19. The number of aromatic nitrogens is 1. The van der Waals surface area contributed by atoms with Crippen molar-refractivity contribution in [2.75, 3.05) is 13.7 Å². The van der Waals surface area contributed by atoms with Crippen molar-refractivity contribution in [1.29, 1.82) is 0 Å². The minimum atomic E-state index is -0.453. The molecule has 3 aromatic rings. The zero-order chi connectivity index (χ0) is 25.1. The van der Waals surface area contributed by atoms with Crippen molar-refractivity contribution in [1.82, 2.24) is 9.47 Å². The quantitative estimate of drug-likeness (QED) is 0.229. The number of carbonyl (C=O) groups excluding carboxylic acids is 2. The molecular formula is C26H25N3O5S. The second kappa shape index (κ2) is 10.2. The van der Waals surface area contributed by atoms with Crippen LogP contribution in [0.3, 0.4) is 0 Å². The zero-order valence-corrected chi connectivity index (χ0v) is 20.5. The third kappa shape index (κ3) is 5.00. The van der Waals surface area contributed by atoms with E-state index in [4.69, 9.17) is 4.74 Å². The fraction of sp³-hybridized carbons (Fsp3) is 0.231. The Morgan fingerprint density at radius 2 is 1.83 bits per heavy atom. The molecule has 0 bridgehead atoms. The molecule has 9 heteroatoms. The summed E-state index contributed by atoms with van der Waals surface area (Å²) < 4.78 is 7.28. The lowest BCUT2D eigenvalue weighted by atomic mass is 10.1. The topological polar surface area (TPSA) is 94.7 Å². The lowest BCUT2D eigenvalue weighted by Crippen LogP contribution is -2.29. The summed E-state index contributed by atoms with van der Waals surface area (Å²) in [6.45, 7) is 4.10. The van der Waals surface area contributed by atoms with E-state index in [1.54, 1.807) is 12.1 Å². The van der Waals surface area contributed by atoms with Crippen molar-refractivity contribution in [2.24, 2.45) is 0 Å². The Morgan fingerprint density at radius 3 is 2.51 bits per heavy atom. The van der Waals surface area contributed by atoms with Gasteiger partial charge in [-0.2, -0.15) is 0 Å². The van der Waals surface area contributed by atoms with E-state index in [1.165, 1.54) is 29.7 Å². The predicted octanol–water partition coefficient (Wildman–Crippen LogP) is 5.68. The fourth-order valence-corrected chi connectivity index (χ4v) is 5.05. The molecule has 180 valence electrons. The van der Waals surface area contributed by atoms with Crippen molar-refractivity contribution in [2.45, 2.75) is 26.7 Å². The number of aryl methyl sites for hydroxylation is 2. The number of nitro groups is 1. The first kappa shape index (κ1) is 24.3. The second-order valence-electron chi connectivity index (χ2n) is 8.20. The standard InChI is InChI=1S/C26H25N3O5S/c1-17-14-20(18(2)28(17)22-16-21(29(32)33)11-12-23(22)34-3)15-24-25(30)27(26(31)35-24)13-7-10-19-8-5-4-6-9-19/h4-6,8-9,11-12,14-16H,7,10,13H2,1-3H3/b24-15+. The summed E-state index contributed by atoms with van der Waals surface area (Å²) in [6.07, 6.45) is 3.19. The first-order chi connectivity index (χ1) is 16.8. The van der Waals surface area contributed by atoms with Crippen molar-refractivity contribution in [3.63, 3.8) is 0 Å². The van der Waals surface area contributed by atoms with Crippen molar-refractivity contribution in [3.8, 4) is 11.4 Å². The van der Waals surface area contributed by atoms with E-state index in [9.17, 15) is 19.7 Å². The smallest absolute Gasteiger partial charge is 0.293 e. The number of ether oxygens (including phenoxy) is 1. The Morgan fingerprint density at radius 1 is 1.09 bits per heavy atom. The van der Waals surface area contributed by atoms with Crippen LogP contribution < -0.4 is 4.74 Å². The van der Waals surface area contributed by atoms with E-state index in [0.29, 0.717) is 29.3 Å². The van der Waals surface area contributed by atoms with Crippen LogP contribution in [0.5, 0.6) is 5.75 Å². The molecule has 4 rings (SSSR count). The Labute approximate surface area is 207 Å². The van der Waals surface area contributed by atoms with Crippen molar-refractivity contribution >= 4 is 34.7 Å². The molecule has 1 aliphatic rings. The maximum atomic E-state index is 13.0. The number of hydrogen-bond acceptors (Lipinski definition) is 6. The number of imide groups is 1. The molecule has 1 aliphatic heterocycles. The number of benzene rings is 2. The van der Waals surface area contributed by atoms with E-state index in [-0.39, 0.29) is 16.8 Å². The SMILES string of the molecule is COc1ccc([N+](=O)[O-])cc1-n1c(C)cc(/C=C2/SC(=O)N(CCCc3ccccc3)C2=O)c1C. The Balaban J connectivity index is 1.58. The molecule has 0 unspecified atom stereocenters. The molecule has 35 heavy (non-hydrogen) atoms. The minimum Gasteiger partial charge on any atom is -0.495 e. The predicted molar refractivity (Wildman–Crippen MR) is 136 cm³/mol. The Bertz CT molecular complexity index is 1330. The van der Waals surface area contributed by atoms with Crippen LogP contribution in [0.1, 0.15) is 28.9 Å². The van der Waals surface area contributed by atoms with Gasteiger partial charge in [0.05, 0.1) is 22.6 Å². The summed E-state index contributed by atoms with van der Waals surface area (Å²) in [6, 6.07) is 16.3. The number of rotatable bonds is 8. The monoisotopic (exact) mass is 491 g/mol. The molecule has 2 heterocycles. The van der Waals surface area contributed by atoms with Gasteiger partial charge >= 0.3 is 0 Å². The number of non-ortho nitro benzene ring substituents is 1. The van der Waals surface area contributed by atoms with Gasteiger partial charge in [-0.3, -0.25) is 24.6 Å². The average Bonchev–Trinajstić information content (AvgIpc) is 3.27. The van der Waals surface area contributed by atoms with Crippen LogP contribution in [0, 0.1) is 24.0 Å². The molecule has 0 N–H and O–H groups in total. The largest absolute Gasteiger partial charge is 0.495 e. The van der Waals surface area contributed by atoms with Gasteiger partial charge in [0.1, 0.15) is 5.75 Å². The number of carbonyl (C=O) groups is 2. The molecule has 8 nitrogen and oxygen atoms in total. The molecule has 1 fully saturated rings. The van der Waals surface area contributed by atoms with Gasteiger partial charge in [0.2, 0.25) is 0 Å². The Hall–Kier alpha value is -3.85. The highest BCUT2D eigenvalue weighted by Gasteiger charge is 2.34. The molecule has 0 radical (unpaired) electrons. The number of methoxy groups -OCH3 is 1. The number of thioether (sulfide) groups is 1.